The second-order valence-electron chi connectivity index (χ2n) is 5.66. The van der Waals surface area contributed by atoms with Crippen LogP contribution in [0.15, 0.2) is 36.7 Å². The topological polar surface area (TPSA) is 71.8 Å². The highest BCUT2D eigenvalue weighted by atomic mass is 35.5. The van der Waals surface area contributed by atoms with Gasteiger partial charge in [-0.2, -0.15) is 15.0 Å². The molecule has 0 bridgehead atoms. The van der Waals surface area contributed by atoms with Crippen LogP contribution in [0.5, 0.6) is 0 Å². The van der Waals surface area contributed by atoms with Crippen LogP contribution in [0.1, 0.15) is 19.8 Å². The minimum Gasteiger partial charge on any atom is -0.326 e. The molecule has 0 spiro atoms. The van der Waals surface area contributed by atoms with E-state index < -0.39 is 0 Å². The van der Waals surface area contributed by atoms with E-state index in [4.69, 9.17) is 0 Å². The average molecular weight is 322 g/mol. The fraction of sp³-hybridized carbons (Fsp3) is 0.400. The molecule has 3 rings (SSSR count). The smallest absolute Gasteiger partial charge is 0.231 e. The molecule has 7 heteroatoms. The van der Waals surface area contributed by atoms with Crippen LogP contribution in [0.25, 0.3) is 5.69 Å². The third kappa shape index (κ3) is 3.45. The van der Waals surface area contributed by atoms with Crippen LogP contribution >= 0.6 is 12.4 Å². The van der Waals surface area contributed by atoms with Gasteiger partial charge < -0.3 is 10.6 Å². The Labute approximate surface area is 135 Å². The average Bonchev–Trinajstić information content (AvgIpc) is 3.03. The molecule has 1 atom stereocenters. The molecule has 1 fully saturated rings. The highest BCUT2D eigenvalue weighted by Gasteiger charge is 2.34. The molecule has 1 aliphatic rings. The summed E-state index contributed by atoms with van der Waals surface area (Å²) in [6, 6.07) is 7.51. The zero-order valence-electron chi connectivity index (χ0n) is 12.5. The Kier molecular flexibility index (Phi) is 5.15. The van der Waals surface area contributed by atoms with Gasteiger partial charge >= 0.3 is 0 Å². The molecule has 2 N–H and O–H groups in total. The summed E-state index contributed by atoms with van der Waals surface area (Å²) in [4.78, 5) is 14.0. The van der Waals surface area contributed by atoms with E-state index in [0.717, 1.165) is 37.3 Å². The van der Waals surface area contributed by atoms with Gasteiger partial charge in [-0.3, -0.25) is 4.79 Å². The first kappa shape index (κ1) is 16.5. The molecule has 1 aliphatic heterocycles. The molecule has 1 saturated heterocycles. The van der Waals surface area contributed by atoms with Crippen LogP contribution in [0.3, 0.4) is 0 Å². The molecule has 118 valence electrons. The quantitative estimate of drug-likeness (QED) is 0.907. The molecular weight excluding hydrogens is 302 g/mol. The van der Waals surface area contributed by atoms with E-state index in [2.05, 4.69) is 20.8 Å². The van der Waals surface area contributed by atoms with Crippen LogP contribution < -0.4 is 10.6 Å². The standard InChI is InChI=1S/C15H19N5O.ClH/c1-15(7-2-8-16-11-15)14(21)19-12-3-5-13(6-4-12)20-17-9-10-18-20;/h3-6,9-10,16H,2,7-8,11H2,1H3,(H,19,21);1H. The molecule has 1 aromatic heterocycles. The maximum absolute atomic E-state index is 12.4. The summed E-state index contributed by atoms with van der Waals surface area (Å²) in [6.07, 6.45) is 5.22. The second kappa shape index (κ2) is 6.89. The number of aromatic nitrogens is 3. The van der Waals surface area contributed by atoms with Gasteiger partial charge in [0.15, 0.2) is 0 Å². The molecule has 6 nitrogen and oxygen atoms in total. The molecule has 2 heterocycles. The predicted octanol–water partition coefficient (Wildman–Crippen LogP) is 2.02. The Balaban J connectivity index is 0.00000176. The minimum atomic E-state index is -0.333. The molecular formula is C15H20ClN5O. The minimum absolute atomic E-state index is 0. The summed E-state index contributed by atoms with van der Waals surface area (Å²) < 4.78 is 0. The largest absolute Gasteiger partial charge is 0.326 e. The predicted molar refractivity (Wildman–Crippen MR) is 87.4 cm³/mol. The number of nitrogens with one attached hydrogen (secondary N) is 2. The molecule has 1 unspecified atom stereocenters. The maximum atomic E-state index is 12.4. The Hall–Kier alpha value is -1.92. The van der Waals surface area contributed by atoms with E-state index in [1.165, 1.54) is 4.80 Å². The van der Waals surface area contributed by atoms with E-state index in [-0.39, 0.29) is 23.7 Å². The fourth-order valence-electron chi connectivity index (χ4n) is 2.56. The molecule has 1 amide bonds. The van der Waals surface area contributed by atoms with Crippen molar-refractivity contribution >= 4 is 24.0 Å². The van der Waals surface area contributed by atoms with Gasteiger partial charge in [0.05, 0.1) is 23.5 Å². The number of benzene rings is 1. The summed E-state index contributed by atoms with van der Waals surface area (Å²) in [5, 5.41) is 14.4. The van der Waals surface area contributed by atoms with Gasteiger partial charge in [0.25, 0.3) is 0 Å². The number of nitrogens with zero attached hydrogens (tertiary/aromatic N) is 3. The van der Waals surface area contributed by atoms with Crippen LogP contribution in [-0.4, -0.2) is 34.0 Å². The number of halogens is 1. The lowest BCUT2D eigenvalue weighted by atomic mass is 9.82. The lowest BCUT2D eigenvalue weighted by Crippen LogP contribution is -2.46. The van der Waals surface area contributed by atoms with Crippen molar-refractivity contribution in [2.24, 2.45) is 5.41 Å². The van der Waals surface area contributed by atoms with Gasteiger partial charge in [0.1, 0.15) is 0 Å². The van der Waals surface area contributed by atoms with Gasteiger partial charge in [0, 0.05) is 12.2 Å². The number of piperidine rings is 1. The van der Waals surface area contributed by atoms with Gasteiger partial charge in [-0.05, 0) is 50.6 Å². The summed E-state index contributed by atoms with van der Waals surface area (Å²) in [6.45, 7) is 3.74. The SMILES string of the molecule is CC1(C(=O)Nc2ccc(-n3nccn3)cc2)CCCNC1.Cl. The number of anilines is 1. The van der Waals surface area contributed by atoms with Crippen LogP contribution in [0.2, 0.25) is 0 Å². The summed E-state index contributed by atoms with van der Waals surface area (Å²) in [5.41, 5.74) is 1.33. The van der Waals surface area contributed by atoms with Crippen molar-refractivity contribution < 1.29 is 4.79 Å². The van der Waals surface area contributed by atoms with E-state index in [1.807, 2.05) is 31.2 Å². The Bertz CT molecular complexity index is 605. The van der Waals surface area contributed by atoms with Crippen molar-refractivity contribution in [3.8, 4) is 5.69 Å². The molecule has 0 saturated carbocycles. The molecule has 0 aliphatic carbocycles. The van der Waals surface area contributed by atoms with Crippen molar-refractivity contribution in [1.29, 1.82) is 0 Å². The lowest BCUT2D eigenvalue weighted by molar-refractivity contribution is -0.125. The highest BCUT2D eigenvalue weighted by Crippen LogP contribution is 2.27. The third-order valence-electron chi connectivity index (χ3n) is 3.92. The summed E-state index contributed by atoms with van der Waals surface area (Å²) >= 11 is 0. The molecule has 22 heavy (non-hydrogen) atoms. The zero-order chi connectivity index (χ0) is 14.7. The first-order chi connectivity index (χ1) is 10.2. The molecule has 0 radical (unpaired) electrons. The van der Waals surface area contributed by atoms with E-state index in [9.17, 15) is 4.79 Å². The Morgan fingerprint density at radius 1 is 1.27 bits per heavy atom. The van der Waals surface area contributed by atoms with E-state index in [0.29, 0.717) is 0 Å². The van der Waals surface area contributed by atoms with Gasteiger partial charge in [-0.25, -0.2) is 0 Å². The lowest BCUT2D eigenvalue weighted by Gasteiger charge is -2.32. The monoisotopic (exact) mass is 321 g/mol. The van der Waals surface area contributed by atoms with Crippen LogP contribution in [0.4, 0.5) is 5.69 Å². The Morgan fingerprint density at radius 3 is 2.55 bits per heavy atom. The summed E-state index contributed by atoms with van der Waals surface area (Å²) in [5.74, 6) is 0.0691. The number of hydrogen-bond acceptors (Lipinski definition) is 4. The van der Waals surface area contributed by atoms with E-state index in [1.54, 1.807) is 12.4 Å². The maximum Gasteiger partial charge on any atom is 0.231 e. The first-order valence-corrected chi connectivity index (χ1v) is 7.16. The van der Waals surface area contributed by atoms with Crippen LogP contribution in [-0.2, 0) is 4.79 Å². The van der Waals surface area contributed by atoms with Crippen molar-refractivity contribution in [2.75, 3.05) is 18.4 Å². The van der Waals surface area contributed by atoms with Crippen molar-refractivity contribution in [1.82, 2.24) is 20.3 Å². The van der Waals surface area contributed by atoms with E-state index >= 15 is 0 Å². The Morgan fingerprint density at radius 2 is 1.95 bits per heavy atom. The fourth-order valence-corrected chi connectivity index (χ4v) is 2.56. The van der Waals surface area contributed by atoms with Crippen LogP contribution in [0, 0.1) is 5.41 Å². The number of carbonyl (C=O) groups is 1. The van der Waals surface area contributed by atoms with Crippen molar-refractivity contribution in [3.05, 3.63) is 36.7 Å². The number of amides is 1. The molecule has 2 aromatic rings. The first-order valence-electron chi connectivity index (χ1n) is 7.16. The molecule has 1 aromatic carbocycles. The van der Waals surface area contributed by atoms with Gasteiger partial charge in [-0.15, -0.1) is 12.4 Å². The van der Waals surface area contributed by atoms with Crippen molar-refractivity contribution in [2.45, 2.75) is 19.8 Å². The third-order valence-corrected chi connectivity index (χ3v) is 3.92. The van der Waals surface area contributed by atoms with Gasteiger partial charge in [0.2, 0.25) is 5.91 Å². The number of carbonyl (C=O) groups excluding carboxylic acids is 1. The number of hydrogen-bond donors (Lipinski definition) is 2. The van der Waals surface area contributed by atoms with Gasteiger partial charge in [-0.1, -0.05) is 0 Å². The summed E-state index contributed by atoms with van der Waals surface area (Å²) in [7, 11) is 0. The van der Waals surface area contributed by atoms with Crippen molar-refractivity contribution in [3.63, 3.8) is 0 Å². The normalized spacial score (nSPS) is 21.0. The second-order valence-corrected chi connectivity index (χ2v) is 5.66. The highest BCUT2D eigenvalue weighted by molar-refractivity contribution is 5.95. The zero-order valence-corrected chi connectivity index (χ0v) is 13.3. The number of rotatable bonds is 3.